The van der Waals surface area contributed by atoms with Crippen molar-refractivity contribution in [1.82, 2.24) is 4.90 Å². The highest BCUT2D eigenvalue weighted by Gasteiger charge is 2.34. The minimum Gasteiger partial charge on any atom is -0.303 e. The average Bonchev–Trinajstić information content (AvgIpc) is 2.44. The van der Waals surface area contributed by atoms with E-state index in [0.29, 0.717) is 19.4 Å². The predicted molar refractivity (Wildman–Crippen MR) is 58.2 cm³/mol. The molecule has 2 amide bonds. The Morgan fingerprint density at radius 3 is 2.60 bits per heavy atom. The van der Waals surface area contributed by atoms with Crippen molar-refractivity contribution in [3.05, 3.63) is 0 Å². The van der Waals surface area contributed by atoms with E-state index in [1.165, 1.54) is 4.90 Å². The Labute approximate surface area is 90.4 Å². The molecule has 4 nitrogen and oxygen atoms in total. The molecule has 1 saturated heterocycles. The summed E-state index contributed by atoms with van der Waals surface area (Å²) in [5.74, 6) is -0.245. The van der Waals surface area contributed by atoms with Crippen LogP contribution in [0, 0.1) is 0 Å². The van der Waals surface area contributed by atoms with Crippen molar-refractivity contribution in [2.45, 2.75) is 37.9 Å². The summed E-state index contributed by atoms with van der Waals surface area (Å²) in [5, 5.41) is 0. The molecular formula is C10H16BNO3. The van der Waals surface area contributed by atoms with Gasteiger partial charge in [0, 0.05) is 25.2 Å². The number of likely N-dealkylation sites (tertiary alicyclic amines) is 1. The predicted octanol–water partition coefficient (Wildman–Crippen LogP) is -0.0738. The summed E-state index contributed by atoms with van der Waals surface area (Å²) in [6.07, 6.45) is 4.36. The molecule has 0 aromatic heterocycles. The zero-order valence-electron chi connectivity index (χ0n) is 9.07. The van der Waals surface area contributed by atoms with E-state index in [1.54, 1.807) is 7.85 Å². The number of carbonyl (C=O) groups is 3. The summed E-state index contributed by atoms with van der Waals surface area (Å²) in [5.41, 5.74) is 0. The van der Waals surface area contributed by atoms with Gasteiger partial charge in [-0.25, -0.2) is 0 Å². The molecule has 1 heterocycles. The second-order valence-electron chi connectivity index (χ2n) is 4.00. The lowest BCUT2D eigenvalue weighted by Gasteiger charge is -2.13. The van der Waals surface area contributed by atoms with Crippen molar-refractivity contribution >= 4 is 25.9 Å². The smallest absolute Gasteiger partial charge is 0.229 e. The van der Waals surface area contributed by atoms with Gasteiger partial charge in [0.15, 0.2) is 0 Å². The summed E-state index contributed by atoms with van der Waals surface area (Å²) in [6, 6.07) is 0. The number of carbonyl (C=O) groups excluding carboxylic acids is 3. The van der Waals surface area contributed by atoms with E-state index in [4.69, 9.17) is 0 Å². The van der Waals surface area contributed by atoms with Crippen LogP contribution in [0.1, 0.15) is 32.1 Å². The van der Waals surface area contributed by atoms with Crippen molar-refractivity contribution in [3.8, 4) is 0 Å². The monoisotopic (exact) mass is 209 g/mol. The summed E-state index contributed by atoms with van der Waals surface area (Å²) >= 11 is 0. The number of rotatable bonds is 6. The first-order valence-electron chi connectivity index (χ1n) is 5.44. The molecular weight excluding hydrogens is 193 g/mol. The van der Waals surface area contributed by atoms with Gasteiger partial charge in [-0.15, -0.1) is 0 Å². The third kappa shape index (κ3) is 3.18. The molecule has 0 spiro atoms. The number of unbranched alkanes of at least 4 members (excludes halogenated alkanes) is 3. The molecule has 15 heavy (non-hydrogen) atoms. The first kappa shape index (κ1) is 11.9. The SMILES string of the molecule is BC1CC(=O)N(CCCCCC=O)C1=O. The number of hydrogen-bond donors (Lipinski definition) is 0. The van der Waals surface area contributed by atoms with E-state index in [0.717, 1.165) is 25.5 Å². The second-order valence-corrected chi connectivity index (χ2v) is 4.00. The Morgan fingerprint density at radius 2 is 2.07 bits per heavy atom. The number of amides is 2. The maximum atomic E-state index is 11.5. The van der Waals surface area contributed by atoms with E-state index in [1.807, 2.05) is 0 Å². The van der Waals surface area contributed by atoms with Crippen molar-refractivity contribution in [2.24, 2.45) is 0 Å². The van der Waals surface area contributed by atoms with Gasteiger partial charge in [-0.2, -0.15) is 0 Å². The van der Waals surface area contributed by atoms with Crippen molar-refractivity contribution in [1.29, 1.82) is 0 Å². The molecule has 0 aromatic rings. The summed E-state index contributed by atoms with van der Waals surface area (Å²) < 4.78 is 0. The van der Waals surface area contributed by atoms with E-state index in [9.17, 15) is 14.4 Å². The van der Waals surface area contributed by atoms with Crippen LogP contribution in [0.25, 0.3) is 0 Å². The van der Waals surface area contributed by atoms with E-state index < -0.39 is 0 Å². The number of aldehydes is 1. The molecule has 0 aromatic carbocycles. The third-order valence-corrected chi connectivity index (χ3v) is 2.67. The van der Waals surface area contributed by atoms with Crippen LogP contribution in [-0.4, -0.2) is 37.4 Å². The Hall–Kier alpha value is -1.13. The highest BCUT2D eigenvalue weighted by molar-refractivity contribution is 6.29. The number of hydrogen-bond acceptors (Lipinski definition) is 3. The van der Waals surface area contributed by atoms with Gasteiger partial charge in [0.05, 0.1) is 0 Å². The lowest BCUT2D eigenvalue weighted by Crippen LogP contribution is -2.30. The first-order valence-corrected chi connectivity index (χ1v) is 5.44. The first-order chi connectivity index (χ1) is 7.16. The minimum atomic E-state index is -0.146. The fourth-order valence-electron chi connectivity index (χ4n) is 1.76. The summed E-state index contributed by atoms with van der Waals surface area (Å²) in [4.78, 5) is 34.3. The molecule has 82 valence electrons. The van der Waals surface area contributed by atoms with Crippen LogP contribution >= 0.6 is 0 Å². The minimum absolute atomic E-state index is 0.0459. The molecule has 1 atom stereocenters. The molecule has 1 rings (SSSR count). The molecule has 0 N–H and O–H groups in total. The quantitative estimate of drug-likeness (QED) is 0.266. The Bertz CT molecular complexity index is 267. The van der Waals surface area contributed by atoms with Crippen LogP contribution in [0.5, 0.6) is 0 Å². The largest absolute Gasteiger partial charge is 0.303 e. The molecule has 1 aliphatic rings. The van der Waals surface area contributed by atoms with Crippen molar-refractivity contribution in [2.75, 3.05) is 6.54 Å². The highest BCUT2D eigenvalue weighted by atomic mass is 16.2. The van der Waals surface area contributed by atoms with Crippen LogP contribution < -0.4 is 0 Å². The fourth-order valence-corrected chi connectivity index (χ4v) is 1.76. The van der Waals surface area contributed by atoms with Crippen molar-refractivity contribution in [3.63, 3.8) is 0 Å². The van der Waals surface area contributed by atoms with Gasteiger partial charge in [-0.3, -0.25) is 14.5 Å². The summed E-state index contributed by atoms with van der Waals surface area (Å²) in [6.45, 7) is 0.515. The molecule has 1 unspecified atom stereocenters. The van der Waals surface area contributed by atoms with E-state index in [-0.39, 0.29) is 17.6 Å². The number of nitrogens with zero attached hydrogens (tertiary/aromatic N) is 1. The molecule has 0 aliphatic carbocycles. The lowest BCUT2D eigenvalue weighted by molar-refractivity contribution is -0.138. The molecule has 1 fully saturated rings. The molecule has 0 saturated carbocycles. The molecule has 0 radical (unpaired) electrons. The topological polar surface area (TPSA) is 54.5 Å². The average molecular weight is 209 g/mol. The van der Waals surface area contributed by atoms with Gasteiger partial charge in [-0.1, -0.05) is 6.42 Å². The van der Waals surface area contributed by atoms with Gasteiger partial charge in [0.25, 0.3) is 0 Å². The third-order valence-electron chi connectivity index (χ3n) is 2.67. The van der Waals surface area contributed by atoms with Crippen LogP contribution in [0.15, 0.2) is 0 Å². The standard InChI is InChI=1S/C10H16BNO3/c11-8-7-9(14)12(10(8)15)5-3-1-2-4-6-13/h6,8H,1-5,7,11H2. The van der Waals surface area contributed by atoms with Crippen LogP contribution in [0.2, 0.25) is 5.82 Å². The van der Waals surface area contributed by atoms with Gasteiger partial charge < -0.3 is 4.79 Å². The van der Waals surface area contributed by atoms with E-state index >= 15 is 0 Å². The summed E-state index contributed by atoms with van der Waals surface area (Å²) in [7, 11) is 1.78. The van der Waals surface area contributed by atoms with Gasteiger partial charge in [0.1, 0.15) is 14.1 Å². The normalized spacial score (nSPS) is 21.1. The van der Waals surface area contributed by atoms with Gasteiger partial charge >= 0.3 is 0 Å². The van der Waals surface area contributed by atoms with Crippen LogP contribution in [0.4, 0.5) is 0 Å². The number of imide groups is 1. The van der Waals surface area contributed by atoms with Crippen LogP contribution in [0.3, 0.4) is 0 Å². The van der Waals surface area contributed by atoms with Gasteiger partial charge in [0.2, 0.25) is 11.8 Å². The highest BCUT2D eigenvalue weighted by Crippen LogP contribution is 2.21. The zero-order chi connectivity index (χ0) is 11.3. The molecule has 1 aliphatic heterocycles. The Kier molecular flexibility index (Phi) is 4.53. The zero-order valence-corrected chi connectivity index (χ0v) is 9.07. The van der Waals surface area contributed by atoms with Crippen molar-refractivity contribution < 1.29 is 14.4 Å². The maximum absolute atomic E-state index is 11.5. The Balaban J connectivity index is 2.23. The lowest BCUT2D eigenvalue weighted by atomic mass is 9.86. The van der Waals surface area contributed by atoms with Crippen LogP contribution in [-0.2, 0) is 14.4 Å². The fraction of sp³-hybridized carbons (Fsp3) is 0.700. The van der Waals surface area contributed by atoms with E-state index in [2.05, 4.69) is 0 Å². The molecule has 0 bridgehead atoms. The Morgan fingerprint density at radius 1 is 1.33 bits per heavy atom. The maximum Gasteiger partial charge on any atom is 0.229 e. The second kappa shape index (κ2) is 5.68. The van der Waals surface area contributed by atoms with Gasteiger partial charge in [-0.05, 0) is 12.8 Å². The molecule has 5 heteroatoms.